The van der Waals surface area contributed by atoms with Crippen LogP contribution in [0, 0.1) is 0 Å². The van der Waals surface area contributed by atoms with Gasteiger partial charge in [-0.2, -0.15) is 11.8 Å². The molecule has 0 saturated carbocycles. The summed E-state index contributed by atoms with van der Waals surface area (Å²) in [6, 6.07) is 0. The van der Waals surface area contributed by atoms with Crippen LogP contribution in [0.5, 0.6) is 0 Å². The van der Waals surface area contributed by atoms with E-state index < -0.39 is 5.97 Å². The molecule has 0 fully saturated rings. The highest BCUT2D eigenvalue weighted by Gasteiger charge is 1.81. The van der Waals surface area contributed by atoms with Gasteiger partial charge in [0.2, 0.25) is 0 Å². The van der Waals surface area contributed by atoms with E-state index in [-0.39, 0.29) is 0 Å². The van der Waals surface area contributed by atoms with E-state index in [1.165, 1.54) is 0 Å². The van der Waals surface area contributed by atoms with Gasteiger partial charge in [-0.25, -0.2) is 4.79 Å². The van der Waals surface area contributed by atoms with Crippen LogP contribution < -0.4 is 0 Å². The molecule has 46 valence electrons. The number of carbonyl (C=O) groups is 1. The Hall–Kier alpha value is -0.440. The molecule has 0 unspecified atom stereocenters. The second-order valence-corrected chi connectivity index (χ2v) is 2.11. The van der Waals surface area contributed by atoms with Crippen LogP contribution in [0.4, 0.5) is 0 Å². The van der Waals surface area contributed by atoms with Crippen molar-refractivity contribution in [2.24, 2.45) is 0 Å². The quantitative estimate of drug-likeness (QED) is 0.582. The van der Waals surface area contributed by atoms with Gasteiger partial charge in [-0.3, -0.25) is 0 Å². The van der Waals surface area contributed by atoms with Crippen molar-refractivity contribution in [2.45, 2.75) is 0 Å². The van der Waals surface area contributed by atoms with Crippen LogP contribution in [0.2, 0.25) is 0 Å². The summed E-state index contributed by atoms with van der Waals surface area (Å²) in [5.41, 5.74) is 0. The molecule has 0 rings (SSSR count). The van der Waals surface area contributed by atoms with E-state index in [0.717, 1.165) is 11.8 Å². The molecule has 3 heteroatoms. The van der Waals surface area contributed by atoms with E-state index in [9.17, 15) is 4.79 Å². The van der Waals surface area contributed by atoms with Gasteiger partial charge in [0.25, 0.3) is 0 Å². The molecule has 0 bridgehead atoms. The summed E-state index contributed by atoms with van der Waals surface area (Å²) >= 11 is 1.59. The Morgan fingerprint density at radius 2 is 2.50 bits per heavy atom. The van der Waals surface area contributed by atoms with E-state index in [0.29, 0.717) is 0 Å². The highest BCUT2D eigenvalue weighted by molar-refractivity contribution is 7.98. The Kier molecular flexibility index (Phi) is 4.45. The molecule has 0 aliphatic carbocycles. The molecule has 0 aromatic rings. The summed E-state index contributed by atoms with van der Waals surface area (Å²) < 4.78 is 0. The van der Waals surface area contributed by atoms with Crippen LogP contribution in [0.25, 0.3) is 0 Å². The zero-order valence-electron chi connectivity index (χ0n) is 4.63. The molecule has 1 N–H and O–H groups in total. The van der Waals surface area contributed by atoms with Gasteiger partial charge >= 0.3 is 5.97 Å². The van der Waals surface area contributed by atoms with Gasteiger partial charge in [0.1, 0.15) is 0 Å². The third kappa shape index (κ3) is 5.56. The minimum Gasteiger partial charge on any atom is -0.478 e. The van der Waals surface area contributed by atoms with Crippen LogP contribution in [-0.4, -0.2) is 23.1 Å². The predicted molar refractivity (Wildman–Crippen MR) is 35.2 cm³/mol. The van der Waals surface area contributed by atoms with E-state index in [1.807, 2.05) is 6.26 Å². The summed E-state index contributed by atoms with van der Waals surface area (Å²) in [6.07, 6.45) is 4.69. The number of aliphatic carboxylic acids is 1. The van der Waals surface area contributed by atoms with Crippen molar-refractivity contribution in [3.05, 3.63) is 12.2 Å². The fourth-order valence-electron chi connectivity index (χ4n) is 0.245. The maximum Gasteiger partial charge on any atom is 0.328 e. The number of rotatable bonds is 3. The fraction of sp³-hybridized carbons (Fsp3) is 0.400. The normalized spacial score (nSPS) is 10.1. The van der Waals surface area contributed by atoms with Crippen LogP contribution in [0.1, 0.15) is 0 Å². The van der Waals surface area contributed by atoms with Gasteiger partial charge in [0.15, 0.2) is 0 Å². The van der Waals surface area contributed by atoms with Gasteiger partial charge < -0.3 is 5.11 Å². The summed E-state index contributed by atoms with van der Waals surface area (Å²) in [5.74, 6) is -0.106. The molecule has 0 heterocycles. The Balaban J connectivity index is 3.20. The Bertz CT molecular complexity index is 98.6. The standard InChI is InChI=1S/C5H8O2S/c1-8-4-2-3-5(6)7/h2-3H,4H2,1H3,(H,6,7). The lowest BCUT2D eigenvalue weighted by molar-refractivity contribution is -0.131. The van der Waals surface area contributed by atoms with Gasteiger partial charge in [0, 0.05) is 11.8 Å². The van der Waals surface area contributed by atoms with Gasteiger partial charge in [-0.1, -0.05) is 6.08 Å². The first-order valence-electron chi connectivity index (χ1n) is 2.15. The molecule has 0 aromatic heterocycles. The van der Waals surface area contributed by atoms with Crippen LogP contribution in [0.3, 0.4) is 0 Å². The second-order valence-electron chi connectivity index (χ2n) is 1.20. The summed E-state index contributed by atoms with van der Waals surface area (Å²) in [4.78, 5) is 9.78. The van der Waals surface area contributed by atoms with Crippen molar-refractivity contribution in [3.8, 4) is 0 Å². The highest BCUT2D eigenvalue weighted by Crippen LogP contribution is 1.90. The average Bonchev–Trinajstić information content (AvgIpc) is 1.66. The molecule has 8 heavy (non-hydrogen) atoms. The van der Waals surface area contributed by atoms with E-state index >= 15 is 0 Å². The maximum atomic E-state index is 9.78. The van der Waals surface area contributed by atoms with Gasteiger partial charge in [-0.15, -0.1) is 0 Å². The Labute approximate surface area is 52.6 Å². The van der Waals surface area contributed by atoms with Gasteiger partial charge in [-0.05, 0) is 6.26 Å². The first-order chi connectivity index (χ1) is 3.77. The zero-order chi connectivity index (χ0) is 6.41. The monoisotopic (exact) mass is 132 g/mol. The number of hydrogen-bond acceptors (Lipinski definition) is 2. The molecular weight excluding hydrogens is 124 g/mol. The highest BCUT2D eigenvalue weighted by atomic mass is 32.2. The van der Waals surface area contributed by atoms with Crippen molar-refractivity contribution in [3.63, 3.8) is 0 Å². The fourth-order valence-corrected chi connectivity index (χ4v) is 0.534. The van der Waals surface area contributed by atoms with Crippen LogP contribution in [0.15, 0.2) is 12.2 Å². The largest absolute Gasteiger partial charge is 0.478 e. The average molecular weight is 132 g/mol. The topological polar surface area (TPSA) is 37.3 Å². The van der Waals surface area contributed by atoms with Gasteiger partial charge in [0.05, 0.1) is 0 Å². The molecule has 0 aliphatic heterocycles. The molecule has 0 amide bonds. The molecule has 0 spiro atoms. The number of carboxylic acids is 1. The van der Waals surface area contributed by atoms with E-state index in [4.69, 9.17) is 5.11 Å². The lowest BCUT2D eigenvalue weighted by Crippen LogP contribution is -1.85. The van der Waals surface area contributed by atoms with Crippen molar-refractivity contribution < 1.29 is 9.90 Å². The predicted octanol–water partition coefficient (Wildman–Crippen LogP) is 0.990. The molecule has 0 atom stereocenters. The van der Waals surface area contributed by atoms with Crippen LogP contribution in [-0.2, 0) is 4.79 Å². The van der Waals surface area contributed by atoms with Crippen molar-refractivity contribution in [2.75, 3.05) is 12.0 Å². The minimum absolute atomic E-state index is 0.770. The second kappa shape index (κ2) is 4.71. The first kappa shape index (κ1) is 7.56. The smallest absolute Gasteiger partial charge is 0.328 e. The number of thioether (sulfide) groups is 1. The molecule has 0 aromatic carbocycles. The SMILES string of the molecule is CSCC=CC(=O)O. The zero-order valence-corrected chi connectivity index (χ0v) is 5.44. The first-order valence-corrected chi connectivity index (χ1v) is 3.55. The van der Waals surface area contributed by atoms with Crippen LogP contribution >= 0.6 is 11.8 Å². The van der Waals surface area contributed by atoms with E-state index in [2.05, 4.69) is 0 Å². The number of hydrogen-bond donors (Lipinski definition) is 1. The lowest BCUT2D eigenvalue weighted by atomic mass is 10.5. The summed E-state index contributed by atoms with van der Waals surface area (Å²) in [7, 11) is 0. The number of carboxylic acid groups (broad SMARTS) is 1. The molecule has 0 radical (unpaired) electrons. The Morgan fingerprint density at radius 1 is 1.88 bits per heavy atom. The Morgan fingerprint density at radius 3 is 2.88 bits per heavy atom. The molecule has 2 nitrogen and oxygen atoms in total. The summed E-state index contributed by atoms with van der Waals surface area (Å²) in [5, 5.41) is 8.04. The third-order valence-electron chi connectivity index (χ3n) is 0.523. The van der Waals surface area contributed by atoms with Crippen molar-refractivity contribution >= 4 is 17.7 Å². The lowest BCUT2D eigenvalue weighted by Gasteiger charge is -1.79. The van der Waals surface area contributed by atoms with Crippen molar-refractivity contribution in [1.82, 2.24) is 0 Å². The van der Waals surface area contributed by atoms with E-state index in [1.54, 1.807) is 17.8 Å². The third-order valence-corrected chi connectivity index (χ3v) is 1.05. The maximum absolute atomic E-state index is 9.78. The summed E-state index contributed by atoms with van der Waals surface area (Å²) in [6.45, 7) is 0. The van der Waals surface area contributed by atoms with Crippen molar-refractivity contribution in [1.29, 1.82) is 0 Å². The molecule has 0 aliphatic rings. The molecular formula is C5H8O2S. The molecule has 0 saturated heterocycles. The minimum atomic E-state index is -0.876.